The zero-order valence-electron chi connectivity index (χ0n) is 13.9. The Bertz CT molecular complexity index is 763. The maximum Gasteiger partial charge on any atom is 0.302 e. The standard InChI is InChI=1S/C16H17Cl2N3O4/c1-10(22)24-7-16(2,3)14(23)15(21-9-19-8-20-21)25-13-5-4-11(17)6-12(13)18/h4-6,8-9,15H,7H2,1-3H3. The molecule has 2 rings (SSSR count). The third kappa shape index (κ3) is 4.93. The number of Topliss-reactive ketones (excluding diaryl/α,β-unsaturated/α-hetero) is 1. The van der Waals surface area contributed by atoms with Gasteiger partial charge in [-0.1, -0.05) is 23.2 Å². The van der Waals surface area contributed by atoms with Crippen molar-refractivity contribution < 1.29 is 19.1 Å². The quantitative estimate of drug-likeness (QED) is 0.679. The van der Waals surface area contributed by atoms with Gasteiger partial charge in [-0.05, 0) is 32.0 Å². The molecule has 1 heterocycles. The van der Waals surface area contributed by atoms with Crippen molar-refractivity contribution in [1.82, 2.24) is 14.8 Å². The largest absolute Gasteiger partial charge is 0.465 e. The van der Waals surface area contributed by atoms with Gasteiger partial charge >= 0.3 is 5.97 Å². The van der Waals surface area contributed by atoms with Crippen molar-refractivity contribution in [1.29, 1.82) is 0 Å². The van der Waals surface area contributed by atoms with Crippen molar-refractivity contribution >= 4 is 35.0 Å². The van der Waals surface area contributed by atoms with Crippen molar-refractivity contribution in [2.75, 3.05) is 6.61 Å². The van der Waals surface area contributed by atoms with Gasteiger partial charge in [-0.3, -0.25) is 9.59 Å². The van der Waals surface area contributed by atoms with E-state index < -0.39 is 17.6 Å². The lowest BCUT2D eigenvalue weighted by Gasteiger charge is -2.28. The highest BCUT2D eigenvalue weighted by atomic mass is 35.5. The van der Waals surface area contributed by atoms with Crippen molar-refractivity contribution in [2.45, 2.75) is 27.0 Å². The van der Waals surface area contributed by atoms with Crippen LogP contribution in [0.5, 0.6) is 5.75 Å². The van der Waals surface area contributed by atoms with Gasteiger partial charge in [0.2, 0.25) is 5.78 Å². The van der Waals surface area contributed by atoms with Gasteiger partial charge in [0.1, 0.15) is 25.0 Å². The molecule has 0 radical (unpaired) electrons. The number of aromatic nitrogens is 3. The highest BCUT2D eigenvalue weighted by molar-refractivity contribution is 6.35. The fourth-order valence-corrected chi connectivity index (χ4v) is 2.40. The van der Waals surface area contributed by atoms with Crippen LogP contribution in [0, 0.1) is 5.41 Å². The van der Waals surface area contributed by atoms with Gasteiger partial charge in [0, 0.05) is 11.9 Å². The van der Waals surface area contributed by atoms with Crippen LogP contribution in [0.2, 0.25) is 10.0 Å². The first-order chi connectivity index (χ1) is 11.7. The zero-order chi connectivity index (χ0) is 18.6. The Morgan fingerprint density at radius 2 is 2.04 bits per heavy atom. The molecular weight excluding hydrogens is 369 g/mol. The zero-order valence-corrected chi connectivity index (χ0v) is 15.4. The van der Waals surface area contributed by atoms with Gasteiger partial charge in [-0.15, -0.1) is 0 Å². The Morgan fingerprint density at radius 1 is 1.32 bits per heavy atom. The molecule has 0 saturated carbocycles. The molecule has 0 spiro atoms. The molecule has 0 aliphatic carbocycles. The molecule has 134 valence electrons. The highest BCUT2D eigenvalue weighted by Crippen LogP contribution is 2.32. The van der Waals surface area contributed by atoms with Gasteiger partial charge in [0.15, 0.2) is 0 Å². The van der Waals surface area contributed by atoms with Gasteiger partial charge in [-0.2, -0.15) is 5.10 Å². The lowest BCUT2D eigenvalue weighted by Crippen LogP contribution is -2.39. The summed E-state index contributed by atoms with van der Waals surface area (Å²) in [6.07, 6.45) is 1.51. The van der Waals surface area contributed by atoms with Crippen LogP contribution in [0.3, 0.4) is 0 Å². The molecule has 0 saturated heterocycles. The van der Waals surface area contributed by atoms with Gasteiger partial charge < -0.3 is 9.47 Å². The predicted molar refractivity (Wildman–Crippen MR) is 91.6 cm³/mol. The highest BCUT2D eigenvalue weighted by Gasteiger charge is 2.38. The van der Waals surface area contributed by atoms with Gasteiger partial charge in [0.25, 0.3) is 6.23 Å². The molecule has 9 heteroatoms. The van der Waals surface area contributed by atoms with Crippen LogP contribution < -0.4 is 4.74 Å². The summed E-state index contributed by atoms with van der Waals surface area (Å²) in [4.78, 5) is 27.9. The Hall–Kier alpha value is -2.12. The minimum absolute atomic E-state index is 0.0932. The molecule has 1 aromatic heterocycles. The van der Waals surface area contributed by atoms with Crippen LogP contribution in [-0.2, 0) is 14.3 Å². The Balaban J connectivity index is 2.30. The van der Waals surface area contributed by atoms with E-state index in [-0.39, 0.29) is 23.2 Å². The molecule has 0 amide bonds. The van der Waals surface area contributed by atoms with Crippen molar-refractivity contribution in [3.05, 3.63) is 40.9 Å². The third-order valence-corrected chi connectivity index (χ3v) is 3.87. The van der Waals surface area contributed by atoms with Crippen LogP contribution >= 0.6 is 23.2 Å². The number of hydrogen-bond acceptors (Lipinski definition) is 6. The summed E-state index contributed by atoms with van der Waals surface area (Å²) in [5, 5.41) is 4.67. The first-order valence-corrected chi connectivity index (χ1v) is 8.10. The molecule has 2 aromatic rings. The average Bonchev–Trinajstić information content (AvgIpc) is 3.06. The Morgan fingerprint density at radius 3 is 2.60 bits per heavy atom. The Kier molecular flexibility index (Phi) is 6.02. The predicted octanol–water partition coefficient (Wildman–Crippen LogP) is 3.32. The molecule has 0 aliphatic heterocycles. The molecule has 0 N–H and O–H groups in total. The normalized spacial score (nSPS) is 12.5. The number of nitrogens with zero attached hydrogens (tertiary/aromatic N) is 3. The van der Waals surface area contributed by atoms with Gasteiger partial charge in [0.05, 0.1) is 10.4 Å². The summed E-state index contributed by atoms with van der Waals surface area (Å²) in [7, 11) is 0. The minimum Gasteiger partial charge on any atom is -0.465 e. The molecule has 25 heavy (non-hydrogen) atoms. The molecule has 0 bridgehead atoms. The van der Waals surface area contributed by atoms with E-state index in [0.717, 1.165) is 0 Å². The Labute approximate surface area is 154 Å². The number of carbonyl (C=O) groups is 2. The summed E-state index contributed by atoms with van der Waals surface area (Å²) >= 11 is 12.0. The number of benzene rings is 1. The van der Waals surface area contributed by atoms with Crippen molar-refractivity contribution in [2.24, 2.45) is 5.41 Å². The van der Waals surface area contributed by atoms with Crippen molar-refractivity contribution in [3.8, 4) is 5.75 Å². The molecule has 1 atom stereocenters. The van der Waals surface area contributed by atoms with Crippen LogP contribution in [0.4, 0.5) is 0 Å². The van der Waals surface area contributed by atoms with Crippen LogP contribution in [-0.4, -0.2) is 33.1 Å². The summed E-state index contributed by atoms with van der Waals surface area (Å²) in [6.45, 7) is 4.48. The summed E-state index contributed by atoms with van der Waals surface area (Å²) in [5.74, 6) is -0.562. The van der Waals surface area contributed by atoms with Crippen LogP contribution in [0.15, 0.2) is 30.9 Å². The molecule has 1 aromatic carbocycles. The number of esters is 1. The van der Waals surface area contributed by atoms with E-state index in [0.29, 0.717) is 5.02 Å². The average molecular weight is 386 g/mol. The first-order valence-electron chi connectivity index (χ1n) is 7.34. The first kappa shape index (κ1) is 19.2. The molecule has 0 fully saturated rings. The lowest BCUT2D eigenvalue weighted by atomic mass is 9.88. The molecular formula is C16H17Cl2N3O4. The summed E-state index contributed by atoms with van der Waals surface area (Å²) in [6, 6.07) is 4.65. The van der Waals surface area contributed by atoms with E-state index in [9.17, 15) is 9.59 Å². The monoisotopic (exact) mass is 385 g/mol. The number of rotatable bonds is 7. The van der Waals surface area contributed by atoms with Crippen LogP contribution in [0.25, 0.3) is 0 Å². The van der Waals surface area contributed by atoms with Crippen LogP contribution in [0.1, 0.15) is 27.0 Å². The van der Waals surface area contributed by atoms with Gasteiger partial charge in [-0.25, -0.2) is 9.67 Å². The number of ether oxygens (including phenoxy) is 2. The number of hydrogen-bond donors (Lipinski definition) is 0. The smallest absolute Gasteiger partial charge is 0.302 e. The molecule has 7 nitrogen and oxygen atoms in total. The number of ketones is 1. The fraction of sp³-hybridized carbons (Fsp3) is 0.375. The maximum atomic E-state index is 13.0. The second-order valence-electron chi connectivity index (χ2n) is 5.95. The van der Waals surface area contributed by atoms with E-state index in [1.807, 2.05) is 0 Å². The van der Waals surface area contributed by atoms with E-state index in [2.05, 4.69) is 10.1 Å². The molecule has 0 aliphatic rings. The van der Waals surface area contributed by atoms with E-state index in [4.69, 9.17) is 32.7 Å². The minimum atomic E-state index is -1.13. The molecule has 1 unspecified atom stereocenters. The number of halogens is 2. The lowest BCUT2D eigenvalue weighted by molar-refractivity contribution is -0.151. The van der Waals surface area contributed by atoms with Crippen molar-refractivity contribution in [3.63, 3.8) is 0 Å². The maximum absolute atomic E-state index is 13.0. The fourth-order valence-electron chi connectivity index (χ4n) is 1.94. The second-order valence-corrected chi connectivity index (χ2v) is 6.79. The second kappa shape index (κ2) is 7.84. The summed E-state index contributed by atoms with van der Waals surface area (Å²) < 4.78 is 12.0. The summed E-state index contributed by atoms with van der Waals surface area (Å²) in [5.41, 5.74) is -1.01. The van der Waals surface area contributed by atoms with E-state index in [1.54, 1.807) is 26.0 Å². The number of carbonyl (C=O) groups excluding carboxylic acids is 2. The SMILES string of the molecule is CC(=O)OCC(C)(C)C(=O)C(Oc1ccc(Cl)cc1Cl)n1cncn1. The topological polar surface area (TPSA) is 83.3 Å². The van der Waals surface area contributed by atoms with E-state index in [1.165, 1.54) is 30.3 Å². The van der Waals surface area contributed by atoms with E-state index >= 15 is 0 Å². The third-order valence-electron chi connectivity index (χ3n) is 3.34.